The number of aryl methyl sites for hydroxylation is 2. The highest BCUT2D eigenvalue weighted by molar-refractivity contribution is 5.57. The molecule has 0 saturated heterocycles. The fourth-order valence-corrected chi connectivity index (χ4v) is 4.56. The van der Waals surface area contributed by atoms with Crippen molar-refractivity contribution < 1.29 is 9.47 Å². The van der Waals surface area contributed by atoms with Crippen LogP contribution in [0, 0.1) is 6.92 Å². The summed E-state index contributed by atoms with van der Waals surface area (Å²) in [5, 5.41) is 0. The van der Waals surface area contributed by atoms with Gasteiger partial charge in [-0.25, -0.2) is 4.98 Å². The van der Waals surface area contributed by atoms with Crippen LogP contribution in [0.2, 0.25) is 0 Å². The molecule has 0 aliphatic heterocycles. The van der Waals surface area contributed by atoms with E-state index in [1.165, 1.54) is 30.4 Å². The Morgan fingerprint density at radius 3 is 2.71 bits per heavy atom. The van der Waals surface area contributed by atoms with Gasteiger partial charge in [-0.2, -0.15) is 4.98 Å². The first-order valence-electron chi connectivity index (χ1n) is 10.9. The van der Waals surface area contributed by atoms with Gasteiger partial charge in [-0.15, -0.1) is 0 Å². The molecule has 0 unspecified atom stereocenters. The van der Waals surface area contributed by atoms with Crippen LogP contribution in [0.25, 0.3) is 11.4 Å². The van der Waals surface area contributed by atoms with Crippen molar-refractivity contribution in [3.8, 4) is 17.3 Å². The molecule has 31 heavy (non-hydrogen) atoms. The van der Waals surface area contributed by atoms with Crippen LogP contribution in [0.1, 0.15) is 46.8 Å². The molecule has 5 heteroatoms. The molecule has 0 amide bonds. The zero-order valence-electron chi connectivity index (χ0n) is 18.9. The molecule has 0 spiro atoms. The van der Waals surface area contributed by atoms with Gasteiger partial charge in [0, 0.05) is 36.5 Å². The molecule has 3 aromatic rings. The van der Waals surface area contributed by atoms with Gasteiger partial charge in [0.25, 0.3) is 0 Å². The average molecular weight is 418 g/mol. The molecule has 162 valence electrons. The lowest BCUT2D eigenvalue weighted by Crippen LogP contribution is -2.28. The summed E-state index contributed by atoms with van der Waals surface area (Å²) in [7, 11) is 5.58. The quantitative estimate of drug-likeness (QED) is 0.534. The van der Waals surface area contributed by atoms with E-state index in [-0.39, 0.29) is 0 Å². The third-order valence-electron chi connectivity index (χ3n) is 6.14. The summed E-state index contributed by atoms with van der Waals surface area (Å²) >= 11 is 0. The van der Waals surface area contributed by atoms with Crippen molar-refractivity contribution in [2.24, 2.45) is 0 Å². The van der Waals surface area contributed by atoms with Crippen LogP contribution in [0.5, 0.6) is 5.88 Å². The van der Waals surface area contributed by atoms with Gasteiger partial charge in [-0.1, -0.05) is 42.5 Å². The van der Waals surface area contributed by atoms with Crippen LogP contribution in [0.4, 0.5) is 0 Å². The normalized spacial score (nSPS) is 15.7. The third kappa shape index (κ3) is 4.63. The summed E-state index contributed by atoms with van der Waals surface area (Å²) in [5.74, 6) is 1.33. The van der Waals surface area contributed by atoms with Crippen molar-refractivity contribution in [2.75, 3.05) is 21.3 Å². The number of rotatable bonds is 7. The molecule has 1 aromatic heterocycles. The van der Waals surface area contributed by atoms with E-state index in [0.717, 1.165) is 28.9 Å². The maximum atomic E-state index is 5.72. The van der Waals surface area contributed by atoms with Crippen molar-refractivity contribution in [1.29, 1.82) is 0 Å². The van der Waals surface area contributed by atoms with E-state index in [4.69, 9.17) is 19.4 Å². The van der Waals surface area contributed by atoms with Crippen LogP contribution >= 0.6 is 0 Å². The van der Waals surface area contributed by atoms with E-state index in [1.807, 2.05) is 25.1 Å². The molecule has 5 nitrogen and oxygen atoms in total. The number of hydrogen-bond donors (Lipinski definition) is 0. The van der Waals surface area contributed by atoms with E-state index < -0.39 is 0 Å². The number of nitrogens with zero attached hydrogens (tertiary/aromatic N) is 3. The molecule has 1 aliphatic rings. The zero-order chi connectivity index (χ0) is 21.8. The topological polar surface area (TPSA) is 47.5 Å². The smallest absolute Gasteiger partial charge is 0.221 e. The molecule has 0 N–H and O–H groups in total. The largest absolute Gasteiger partial charge is 0.481 e. The number of methoxy groups -OCH3 is 2. The first-order chi connectivity index (χ1) is 15.1. The molecule has 0 bridgehead atoms. The number of ether oxygens (including phenoxy) is 2. The van der Waals surface area contributed by atoms with E-state index in [1.54, 1.807) is 14.2 Å². The van der Waals surface area contributed by atoms with E-state index in [9.17, 15) is 0 Å². The van der Waals surface area contributed by atoms with Gasteiger partial charge >= 0.3 is 0 Å². The third-order valence-corrected chi connectivity index (χ3v) is 6.14. The minimum absolute atomic E-state index is 0.402. The van der Waals surface area contributed by atoms with Crippen LogP contribution in [-0.2, 0) is 24.3 Å². The summed E-state index contributed by atoms with van der Waals surface area (Å²) in [6.45, 7) is 3.36. The molecule has 2 aromatic carbocycles. The highest BCUT2D eigenvalue weighted by Crippen LogP contribution is 2.35. The molecular formula is C26H31N3O2. The lowest BCUT2D eigenvalue weighted by atomic mass is 9.87. The van der Waals surface area contributed by atoms with Crippen molar-refractivity contribution in [2.45, 2.75) is 45.4 Å². The molecule has 1 atom stereocenters. The van der Waals surface area contributed by atoms with Crippen molar-refractivity contribution >= 4 is 0 Å². The van der Waals surface area contributed by atoms with Gasteiger partial charge in [-0.05, 0) is 56.0 Å². The lowest BCUT2D eigenvalue weighted by Gasteiger charge is -2.33. The van der Waals surface area contributed by atoms with Crippen LogP contribution in [-0.4, -0.2) is 36.1 Å². The zero-order valence-corrected chi connectivity index (χ0v) is 18.9. The van der Waals surface area contributed by atoms with Gasteiger partial charge in [-0.3, -0.25) is 4.90 Å². The van der Waals surface area contributed by atoms with Gasteiger partial charge < -0.3 is 9.47 Å². The second-order valence-electron chi connectivity index (χ2n) is 8.28. The Kier molecular flexibility index (Phi) is 6.64. The minimum Gasteiger partial charge on any atom is -0.481 e. The molecule has 1 aliphatic carbocycles. The average Bonchev–Trinajstić information content (AvgIpc) is 2.80. The number of aromatic nitrogens is 2. The number of benzene rings is 2. The highest BCUT2D eigenvalue weighted by Gasteiger charge is 2.25. The van der Waals surface area contributed by atoms with E-state index in [2.05, 4.69) is 42.3 Å². The summed E-state index contributed by atoms with van der Waals surface area (Å²) in [6, 6.07) is 17.4. The highest BCUT2D eigenvalue weighted by atomic mass is 16.5. The molecule has 0 saturated carbocycles. The fourth-order valence-electron chi connectivity index (χ4n) is 4.56. The molecule has 0 fully saturated rings. The van der Waals surface area contributed by atoms with E-state index >= 15 is 0 Å². The second kappa shape index (κ2) is 9.58. The summed E-state index contributed by atoms with van der Waals surface area (Å²) < 4.78 is 11.0. The Hall–Kier alpha value is -2.76. The Morgan fingerprint density at radius 2 is 1.90 bits per heavy atom. The Labute approximate surface area is 185 Å². The Morgan fingerprint density at radius 1 is 1.06 bits per heavy atom. The first-order valence-corrected chi connectivity index (χ1v) is 10.9. The van der Waals surface area contributed by atoms with Crippen molar-refractivity contribution in [3.63, 3.8) is 0 Å². The maximum Gasteiger partial charge on any atom is 0.221 e. The van der Waals surface area contributed by atoms with Crippen LogP contribution < -0.4 is 4.74 Å². The van der Waals surface area contributed by atoms with Gasteiger partial charge in [0.15, 0.2) is 5.82 Å². The van der Waals surface area contributed by atoms with E-state index in [0.29, 0.717) is 24.4 Å². The summed E-state index contributed by atoms with van der Waals surface area (Å²) in [6.07, 6.45) is 3.55. The minimum atomic E-state index is 0.402. The van der Waals surface area contributed by atoms with Gasteiger partial charge in [0.1, 0.15) is 0 Å². The monoisotopic (exact) mass is 417 g/mol. The molecule has 1 heterocycles. The molecular weight excluding hydrogens is 386 g/mol. The first kappa shape index (κ1) is 21.5. The van der Waals surface area contributed by atoms with Crippen LogP contribution in [0.15, 0.2) is 48.5 Å². The standard InChI is InChI=1S/C26H31N3O2/c1-18-23(16-29(2)24-14-8-11-20-10-5-6-13-22(20)24)26(31-4)28-25(27-18)21-12-7-9-19(15-21)17-30-3/h5-7,9-10,12-13,15,24H,8,11,14,16-17H2,1-4H3/t24-/m0/s1. The van der Waals surface area contributed by atoms with Crippen LogP contribution in [0.3, 0.4) is 0 Å². The molecule has 0 radical (unpaired) electrons. The Bertz CT molecular complexity index is 1050. The maximum absolute atomic E-state index is 5.72. The number of fused-ring (bicyclic) bond motifs is 1. The predicted octanol–water partition coefficient (Wildman–Crippen LogP) is 5.12. The Balaban J connectivity index is 1.62. The van der Waals surface area contributed by atoms with Crippen molar-refractivity contribution in [1.82, 2.24) is 14.9 Å². The predicted molar refractivity (Wildman–Crippen MR) is 123 cm³/mol. The summed E-state index contributed by atoms with van der Waals surface area (Å²) in [4.78, 5) is 12.0. The summed E-state index contributed by atoms with van der Waals surface area (Å²) in [5.41, 5.74) is 6.98. The number of hydrogen-bond acceptors (Lipinski definition) is 5. The van der Waals surface area contributed by atoms with Gasteiger partial charge in [0.05, 0.1) is 13.7 Å². The van der Waals surface area contributed by atoms with Crippen molar-refractivity contribution in [3.05, 3.63) is 76.5 Å². The fraction of sp³-hybridized carbons (Fsp3) is 0.385. The SMILES string of the molecule is COCc1cccc(-c2nc(C)c(CN(C)[C@H]3CCCc4ccccc43)c(OC)n2)c1. The second-order valence-corrected chi connectivity index (χ2v) is 8.28. The lowest BCUT2D eigenvalue weighted by molar-refractivity contribution is 0.185. The molecule has 4 rings (SSSR count). The van der Waals surface area contributed by atoms with Gasteiger partial charge in [0.2, 0.25) is 5.88 Å².